The molecule has 1 aliphatic carbocycles. The van der Waals surface area contributed by atoms with Gasteiger partial charge in [0.2, 0.25) is 0 Å². The summed E-state index contributed by atoms with van der Waals surface area (Å²) in [6.45, 7) is 1.69. The number of anilines is 1. The van der Waals surface area contributed by atoms with Gasteiger partial charge < -0.3 is 10.4 Å². The minimum Gasteiger partial charge on any atom is -0.392 e. The van der Waals surface area contributed by atoms with E-state index in [1.54, 1.807) is 6.92 Å². The van der Waals surface area contributed by atoms with Crippen LogP contribution < -0.4 is 5.32 Å². The van der Waals surface area contributed by atoms with Gasteiger partial charge in [0.15, 0.2) is 5.78 Å². The maximum absolute atomic E-state index is 11.7. The Hall–Kier alpha value is -2.39. The summed E-state index contributed by atoms with van der Waals surface area (Å²) in [5.74, 6) is 0.917. The topological polar surface area (TPSA) is 49.3 Å². The number of allylic oxidation sites excluding steroid dienone is 2. The molecule has 2 aromatic rings. The number of hydrogen-bond donors (Lipinski definition) is 2. The summed E-state index contributed by atoms with van der Waals surface area (Å²) in [7, 11) is 0. The lowest BCUT2D eigenvalue weighted by atomic mass is 9.76. The molecule has 122 valence electrons. The highest BCUT2D eigenvalue weighted by atomic mass is 16.3. The summed E-state index contributed by atoms with van der Waals surface area (Å²) >= 11 is 0. The van der Waals surface area contributed by atoms with Crippen LogP contribution in [0.5, 0.6) is 0 Å². The third kappa shape index (κ3) is 2.45. The molecule has 2 N–H and O–H groups in total. The zero-order chi connectivity index (χ0) is 16.7. The van der Waals surface area contributed by atoms with E-state index in [1.165, 1.54) is 11.1 Å². The SMILES string of the molecule is CC(=O)c1ccc2c(c1)C1C=CCC1C(c1ccc(CO)cc1)N2. The Kier molecular flexibility index (Phi) is 3.73. The Morgan fingerprint density at radius 1 is 1.21 bits per heavy atom. The Bertz CT molecular complexity index is 807. The molecule has 1 heterocycles. The van der Waals surface area contributed by atoms with Crippen LogP contribution in [0.25, 0.3) is 0 Å². The first-order valence-corrected chi connectivity index (χ1v) is 8.45. The van der Waals surface area contributed by atoms with Crippen molar-refractivity contribution in [2.45, 2.75) is 31.9 Å². The highest BCUT2D eigenvalue weighted by Gasteiger charge is 2.37. The predicted octanol–water partition coefficient (Wildman–Crippen LogP) is 4.21. The third-order valence-corrected chi connectivity index (χ3v) is 5.29. The van der Waals surface area contributed by atoms with Crippen LogP contribution in [0, 0.1) is 5.92 Å². The minimum atomic E-state index is 0.0721. The average Bonchev–Trinajstić information content (AvgIpc) is 3.10. The van der Waals surface area contributed by atoms with E-state index in [4.69, 9.17) is 0 Å². The fourth-order valence-electron chi connectivity index (χ4n) is 3.97. The molecule has 1 aliphatic heterocycles. The number of rotatable bonds is 3. The number of fused-ring (bicyclic) bond motifs is 3. The number of Topliss-reactive ketones (excluding diaryl/α,β-unsaturated/α-hetero) is 1. The first-order chi connectivity index (χ1) is 11.7. The van der Waals surface area contributed by atoms with Gasteiger partial charge in [0.1, 0.15) is 0 Å². The molecule has 3 heteroatoms. The molecule has 0 bridgehead atoms. The van der Waals surface area contributed by atoms with Gasteiger partial charge in [-0.3, -0.25) is 4.79 Å². The Balaban J connectivity index is 1.73. The lowest BCUT2D eigenvalue weighted by molar-refractivity contribution is 0.101. The van der Waals surface area contributed by atoms with Gasteiger partial charge in [-0.05, 0) is 54.2 Å². The first kappa shape index (κ1) is 15.2. The predicted molar refractivity (Wildman–Crippen MR) is 95.2 cm³/mol. The number of nitrogens with one attached hydrogen (secondary N) is 1. The summed E-state index contributed by atoms with van der Waals surface area (Å²) in [5.41, 5.74) is 5.29. The highest BCUT2D eigenvalue weighted by Crippen LogP contribution is 2.49. The fourth-order valence-corrected chi connectivity index (χ4v) is 3.97. The molecule has 0 radical (unpaired) electrons. The molecule has 3 unspecified atom stereocenters. The minimum absolute atomic E-state index is 0.0721. The molecule has 24 heavy (non-hydrogen) atoms. The van der Waals surface area contributed by atoms with E-state index in [0.717, 1.165) is 23.2 Å². The first-order valence-electron chi connectivity index (χ1n) is 8.45. The summed E-state index contributed by atoms with van der Waals surface area (Å²) in [4.78, 5) is 11.7. The van der Waals surface area contributed by atoms with Crippen LogP contribution in [0.3, 0.4) is 0 Å². The van der Waals surface area contributed by atoms with E-state index in [1.807, 2.05) is 30.3 Å². The zero-order valence-corrected chi connectivity index (χ0v) is 13.7. The van der Waals surface area contributed by atoms with Crippen LogP contribution in [0.1, 0.15) is 52.4 Å². The van der Waals surface area contributed by atoms with Gasteiger partial charge >= 0.3 is 0 Å². The van der Waals surface area contributed by atoms with Gasteiger partial charge in [0.25, 0.3) is 0 Å². The number of ketones is 1. The molecule has 0 saturated carbocycles. The number of hydrogen-bond acceptors (Lipinski definition) is 3. The van der Waals surface area contributed by atoms with Crippen LogP contribution in [-0.4, -0.2) is 10.9 Å². The molecular formula is C21H21NO2. The van der Waals surface area contributed by atoms with E-state index < -0.39 is 0 Å². The van der Waals surface area contributed by atoms with Gasteiger partial charge in [-0.2, -0.15) is 0 Å². The summed E-state index contributed by atoms with van der Waals surface area (Å²) in [5, 5.41) is 12.9. The summed E-state index contributed by atoms with van der Waals surface area (Å²) < 4.78 is 0. The van der Waals surface area contributed by atoms with Crippen LogP contribution in [-0.2, 0) is 6.61 Å². The molecule has 4 rings (SSSR count). The second-order valence-electron chi connectivity index (χ2n) is 6.73. The number of aliphatic hydroxyl groups is 1. The molecule has 3 nitrogen and oxygen atoms in total. The maximum Gasteiger partial charge on any atom is 0.159 e. The standard InChI is InChI=1S/C21H21NO2/c1-13(24)16-9-10-20-19(11-16)17-3-2-4-18(17)21(22-20)15-7-5-14(12-23)6-8-15/h2-3,5-11,17-18,21-23H,4,12H2,1H3. The average molecular weight is 319 g/mol. The highest BCUT2D eigenvalue weighted by molar-refractivity contribution is 5.95. The van der Waals surface area contributed by atoms with Gasteiger partial charge in [-0.15, -0.1) is 0 Å². The van der Waals surface area contributed by atoms with Crippen LogP contribution in [0.4, 0.5) is 5.69 Å². The molecule has 0 amide bonds. The number of carbonyl (C=O) groups excluding carboxylic acids is 1. The van der Waals surface area contributed by atoms with Crippen LogP contribution >= 0.6 is 0 Å². The van der Waals surface area contributed by atoms with Crippen molar-refractivity contribution >= 4 is 11.5 Å². The lowest BCUT2D eigenvalue weighted by Gasteiger charge is -2.37. The van der Waals surface area contributed by atoms with E-state index >= 15 is 0 Å². The Labute approximate surface area is 142 Å². The molecular weight excluding hydrogens is 298 g/mol. The smallest absolute Gasteiger partial charge is 0.159 e. The molecule has 0 fully saturated rings. The van der Waals surface area contributed by atoms with Gasteiger partial charge in [-0.25, -0.2) is 0 Å². The maximum atomic E-state index is 11.7. The molecule has 0 saturated heterocycles. The van der Waals surface area contributed by atoms with Crippen molar-refractivity contribution in [3.8, 4) is 0 Å². The number of benzene rings is 2. The fraction of sp³-hybridized carbons (Fsp3) is 0.286. The van der Waals surface area contributed by atoms with Gasteiger partial charge in [0.05, 0.1) is 12.6 Å². The molecule has 2 aromatic carbocycles. The van der Waals surface area contributed by atoms with Crippen molar-refractivity contribution in [2.24, 2.45) is 5.92 Å². The second kappa shape index (κ2) is 5.91. The largest absolute Gasteiger partial charge is 0.392 e. The molecule has 0 spiro atoms. The van der Waals surface area contributed by atoms with Crippen molar-refractivity contribution in [1.82, 2.24) is 0 Å². The van der Waals surface area contributed by atoms with Crippen molar-refractivity contribution in [1.29, 1.82) is 0 Å². The van der Waals surface area contributed by atoms with Crippen molar-refractivity contribution in [2.75, 3.05) is 5.32 Å². The van der Waals surface area contributed by atoms with Crippen molar-refractivity contribution in [3.05, 3.63) is 76.9 Å². The van der Waals surface area contributed by atoms with Crippen molar-refractivity contribution in [3.63, 3.8) is 0 Å². The second-order valence-corrected chi connectivity index (χ2v) is 6.73. The molecule has 0 aromatic heterocycles. The Morgan fingerprint density at radius 2 is 2.00 bits per heavy atom. The van der Waals surface area contributed by atoms with Crippen molar-refractivity contribution < 1.29 is 9.90 Å². The number of carbonyl (C=O) groups is 1. The van der Waals surface area contributed by atoms with Gasteiger partial charge in [-0.1, -0.05) is 36.4 Å². The third-order valence-electron chi connectivity index (χ3n) is 5.29. The monoisotopic (exact) mass is 319 g/mol. The van der Waals surface area contributed by atoms with E-state index in [2.05, 4.69) is 29.6 Å². The van der Waals surface area contributed by atoms with E-state index in [0.29, 0.717) is 11.8 Å². The molecule has 3 atom stereocenters. The molecule has 2 aliphatic rings. The van der Waals surface area contributed by atoms with Gasteiger partial charge in [0, 0.05) is 17.2 Å². The van der Waals surface area contributed by atoms with E-state index in [-0.39, 0.29) is 18.4 Å². The number of aliphatic hydroxyl groups excluding tert-OH is 1. The summed E-state index contributed by atoms with van der Waals surface area (Å²) in [6, 6.07) is 14.4. The normalized spacial score (nSPS) is 24.2. The van der Waals surface area contributed by atoms with Crippen LogP contribution in [0.15, 0.2) is 54.6 Å². The van der Waals surface area contributed by atoms with Crippen LogP contribution in [0.2, 0.25) is 0 Å². The van der Waals surface area contributed by atoms with E-state index in [9.17, 15) is 9.90 Å². The quantitative estimate of drug-likeness (QED) is 0.658. The summed E-state index contributed by atoms with van der Waals surface area (Å²) in [6.07, 6.45) is 5.57. The zero-order valence-electron chi connectivity index (χ0n) is 13.7. The lowest BCUT2D eigenvalue weighted by Crippen LogP contribution is -2.29. The Morgan fingerprint density at radius 3 is 2.71 bits per heavy atom.